The lowest BCUT2D eigenvalue weighted by molar-refractivity contribution is -0.149. The normalized spacial score (nSPS) is 12.2. The molecule has 7 aromatic rings. The number of rotatable bonds is 34. The number of phenols is 1. The SMILES string of the molecule is COC(=O)C(Cc1ccnc(NC(=O)OC(C)(C)C)c1)NC(=O)C(C)(C)OC.COC(C)(C)C(=O)NC(Cc1ccnc(N)c1)C(=O)COc1c(F)ccc(F)c1F.COC(C)(C)C(=O)NC(Cc1ccnc(NC(=O)OC(C)(C)C)c1)C(=O)CCl.COC(C)(C)C(=O)NC(Cc1ccnc(NC(=O)OC(C)(C)C)c1)C(=O)COc1c(F)ccc(F)c1F.ClCI.Oc1c(F)ccc(F)c1F. The van der Waals surface area contributed by atoms with Crippen LogP contribution in [0, 0.1) is 52.4 Å². The van der Waals surface area contributed by atoms with Gasteiger partial charge in [0.2, 0.25) is 17.5 Å². The van der Waals surface area contributed by atoms with Crippen LogP contribution in [0.5, 0.6) is 17.2 Å². The number of nitrogens with zero attached hydrogens (tertiary/aromatic N) is 4. The molecule has 0 saturated carbocycles. The number of nitrogens with one attached hydrogen (secondary N) is 7. The monoisotopic (exact) mass is 2080 g/mol. The maximum atomic E-state index is 13.9. The minimum atomic E-state index is -1.58. The lowest BCUT2D eigenvalue weighted by Gasteiger charge is -2.26. The molecule has 0 aliphatic heterocycles. The van der Waals surface area contributed by atoms with Gasteiger partial charge in [0.25, 0.3) is 23.6 Å². The number of pyridine rings is 4. The zero-order chi connectivity index (χ0) is 104. The number of methoxy groups -OCH3 is 5. The molecule has 10 N–H and O–H groups in total. The molecule has 0 saturated heterocycles. The first kappa shape index (κ1) is 120. The number of benzene rings is 3. The molecule has 4 atom stereocenters. The molecule has 0 bridgehead atoms. The van der Waals surface area contributed by atoms with Crippen molar-refractivity contribution in [2.24, 2.45) is 0 Å². The molecule has 7 rings (SSSR count). The molecule has 46 heteroatoms. The van der Waals surface area contributed by atoms with Crippen molar-refractivity contribution in [3.63, 3.8) is 0 Å². The molecule has 34 nitrogen and oxygen atoms in total. The molecular weight excluding hydrogens is 1970 g/mol. The van der Waals surface area contributed by atoms with Crippen LogP contribution in [0.4, 0.5) is 77.2 Å². The summed E-state index contributed by atoms with van der Waals surface area (Å²) in [6, 6.07) is 12.3. The Morgan fingerprint density at radius 2 is 0.640 bits per heavy atom. The Morgan fingerprint density at radius 3 is 0.912 bits per heavy atom. The smallest absolute Gasteiger partial charge is 0.413 e. The summed E-state index contributed by atoms with van der Waals surface area (Å²) in [5.41, 5.74) is 1.27. The van der Waals surface area contributed by atoms with Crippen LogP contribution in [0.25, 0.3) is 0 Å². The van der Waals surface area contributed by atoms with Crippen LogP contribution in [-0.2, 0) is 102 Å². The number of hydrogen-bond acceptors (Lipinski definition) is 27. The number of amides is 7. The minimum Gasteiger partial charge on any atom is -0.503 e. The van der Waals surface area contributed by atoms with Crippen molar-refractivity contribution in [1.29, 1.82) is 0 Å². The molecule has 0 aliphatic rings. The van der Waals surface area contributed by atoms with E-state index in [2.05, 4.69) is 79.7 Å². The van der Waals surface area contributed by atoms with Gasteiger partial charge in [-0.3, -0.25) is 49.5 Å². The number of hydrogen-bond donors (Lipinski definition) is 9. The average Bonchev–Trinajstić information content (AvgIpc) is 0.888. The number of Topliss-reactive ketones (excluding diaryl/α,β-unsaturated/α-hetero) is 3. The van der Waals surface area contributed by atoms with Gasteiger partial charge in [0.15, 0.2) is 69.5 Å². The first-order chi connectivity index (χ1) is 63.0. The summed E-state index contributed by atoms with van der Waals surface area (Å²) in [5.74, 6) is -19.4. The van der Waals surface area contributed by atoms with E-state index in [-0.39, 0.29) is 60.6 Å². The lowest BCUT2D eigenvalue weighted by atomic mass is 10.0. The van der Waals surface area contributed by atoms with Crippen LogP contribution < -0.4 is 52.4 Å². The van der Waals surface area contributed by atoms with Crippen molar-refractivity contribution in [3.8, 4) is 17.2 Å². The summed E-state index contributed by atoms with van der Waals surface area (Å²) in [7, 11) is 6.70. The first-order valence-corrected chi connectivity index (χ1v) is 43.3. The summed E-state index contributed by atoms with van der Waals surface area (Å²) in [6.45, 7) is 26.3. The van der Waals surface area contributed by atoms with Crippen molar-refractivity contribution >= 4 is 134 Å². The summed E-state index contributed by atoms with van der Waals surface area (Å²) >= 11 is 12.7. The van der Waals surface area contributed by atoms with Gasteiger partial charge in [-0.05, 0) is 231 Å². The van der Waals surface area contributed by atoms with Crippen LogP contribution in [0.15, 0.2) is 110 Å². The molecule has 4 aromatic heterocycles. The molecule has 3 aromatic carbocycles. The number of carbonyl (C=O) groups is 11. The van der Waals surface area contributed by atoms with Gasteiger partial charge in [0.1, 0.15) is 81.7 Å². The fourth-order valence-corrected chi connectivity index (χ4v) is 10.1. The van der Waals surface area contributed by atoms with Crippen LogP contribution >= 0.6 is 45.8 Å². The Kier molecular flexibility index (Phi) is 49.0. The third-order valence-corrected chi connectivity index (χ3v) is 18.2. The predicted molar refractivity (Wildman–Crippen MR) is 492 cm³/mol. The number of anilines is 4. The van der Waals surface area contributed by atoms with E-state index >= 15 is 0 Å². The van der Waals surface area contributed by atoms with E-state index in [1.54, 1.807) is 126 Å². The highest BCUT2D eigenvalue weighted by atomic mass is 127. The summed E-state index contributed by atoms with van der Waals surface area (Å²) in [4.78, 5) is 152. The Hall–Kier alpha value is -11.9. The van der Waals surface area contributed by atoms with E-state index in [0.717, 1.165) is 0 Å². The third kappa shape index (κ3) is 43.0. The van der Waals surface area contributed by atoms with Gasteiger partial charge in [-0.15, -0.1) is 23.2 Å². The number of phenolic OH excluding ortho intramolecular Hbond substituents is 1. The van der Waals surface area contributed by atoms with Gasteiger partial charge in [0, 0.05) is 72.5 Å². The maximum absolute atomic E-state index is 13.9. The molecule has 136 heavy (non-hydrogen) atoms. The van der Waals surface area contributed by atoms with Crippen molar-refractivity contribution < 1.29 is 145 Å². The van der Waals surface area contributed by atoms with E-state index in [1.807, 2.05) is 0 Å². The number of halogens is 12. The van der Waals surface area contributed by atoms with Crippen molar-refractivity contribution in [2.45, 2.75) is 207 Å². The van der Waals surface area contributed by atoms with Gasteiger partial charge in [-0.1, -0.05) is 22.6 Å². The Balaban J connectivity index is 0.000000589. The lowest BCUT2D eigenvalue weighted by Crippen LogP contribution is -2.52. The van der Waals surface area contributed by atoms with Crippen LogP contribution in [0.1, 0.15) is 140 Å². The van der Waals surface area contributed by atoms with Crippen molar-refractivity contribution in [3.05, 3.63) is 184 Å². The second kappa shape index (κ2) is 55.4. The molecule has 7 amide bonds. The minimum absolute atomic E-state index is 0.00849. The highest BCUT2D eigenvalue weighted by Gasteiger charge is 2.37. The Labute approximate surface area is 804 Å². The van der Waals surface area contributed by atoms with Gasteiger partial charge in [-0.25, -0.2) is 65.5 Å². The Bertz CT molecular complexity index is 5080. The number of aromatic hydroxyl groups is 1. The van der Waals surface area contributed by atoms with Crippen molar-refractivity contribution in [2.75, 3.05) is 80.2 Å². The number of ketones is 3. The quantitative estimate of drug-likeness (QED) is 0.00452. The first-order valence-electron chi connectivity index (χ1n) is 40.7. The van der Waals surface area contributed by atoms with Crippen LogP contribution in [0.2, 0.25) is 0 Å². The van der Waals surface area contributed by atoms with Gasteiger partial charge >= 0.3 is 24.2 Å². The van der Waals surface area contributed by atoms with E-state index in [1.165, 1.54) is 100 Å². The summed E-state index contributed by atoms with van der Waals surface area (Å²) in [5, 5.41) is 26.3. The number of ether oxygens (including phenoxy) is 10. The number of alkyl halides is 3. The van der Waals surface area contributed by atoms with Gasteiger partial charge in [-0.2, -0.15) is 13.2 Å². The average molecular weight is 2080 g/mol. The largest absolute Gasteiger partial charge is 0.503 e. The zero-order valence-electron chi connectivity index (χ0n) is 78.8. The predicted octanol–water partition coefficient (Wildman–Crippen LogP) is 14.3. The summed E-state index contributed by atoms with van der Waals surface area (Å²) < 4.78 is 170. The molecule has 0 aliphatic carbocycles. The number of carbonyl (C=O) groups excluding carboxylic acids is 11. The van der Waals surface area contributed by atoms with Crippen LogP contribution in [-0.4, -0.2) is 212 Å². The second-order valence-electron chi connectivity index (χ2n) is 33.7. The van der Waals surface area contributed by atoms with E-state index in [0.29, 0.717) is 62.5 Å². The number of nitrogen functional groups attached to an aromatic ring is 1. The highest BCUT2D eigenvalue weighted by Crippen LogP contribution is 2.28. The maximum Gasteiger partial charge on any atom is 0.413 e. The highest BCUT2D eigenvalue weighted by molar-refractivity contribution is 14.1. The van der Waals surface area contributed by atoms with Gasteiger partial charge < -0.3 is 79.5 Å². The van der Waals surface area contributed by atoms with E-state index in [4.69, 9.17) is 81.4 Å². The molecule has 0 spiro atoms. The second-order valence-corrected chi connectivity index (χ2v) is 35.9. The van der Waals surface area contributed by atoms with Gasteiger partial charge in [0.05, 0.1) is 35.0 Å². The molecule has 0 fully saturated rings. The third-order valence-electron chi connectivity index (χ3n) is 17.9. The van der Waals surface area contributed by atoms with Crippen molar-refractivity contribution in [1.82, 2.24) is 41.2 Å². The topological polar surface area (TPSA) is 462 Å². The fraction of sp³-hybridized carbons (Fsp3) is 0.456. The van der Waals surface area contributed by atoms with E-state index in [9.17, 15) is 92.3 Å². The molecule has 4 unspecified atom stereocenters. The number of aromatic nitrogens is 4. The Morgan fingerprint density at radius 1 is 0.382 bits per heavy atom. The molecular formula is C90H114Cl2F9IN12O22. The number of nitrogens with two attached hydrogens (primary N) is 1. The zero-order valence-corrected chi connectivity index (χ0v) is 82.5. The number of esters is 1. The standard InChI is InChI=1S/C25H30F3N3O6.C20H22F3N3O4.C19H28ClN3O5.C19H29N3O6.C6H3F3O.CH2ClI/c1-24(2,3)37-23(34)31-19-12-14(9-10-29-19)11-17(30-22(33)25(4,5)35-6)18(32)13-36-21-16(27)8-7-15(26)20(21)28;1-20(2,29-3)19(28)26-14(8-11-6-7-25-16(24)9-11)15(27)10-30-18-13(22)5-4-12(21)17(18)23;1-18(2,3)28-17(26)23-15-10-12(7-8-21-15)9-13(14(24)11-20)22-16(25)19(4,5)27-6;1-18(2,3)28-17(25)22-14-11-12(8-9-20-14)10-13(15(23)26-6)21-16(24)19(4,5)27-7;7-3-1-2-4(8)6(10)5(3)9;2-1-3/h7-10,12,17H,11,13H2,1-6H3,(H,30,33)(H,29,31,34);4-7,9,14H,8,10H2,1-3H3,(H2,24,25)(H,26,28);7-8,10,13H,9,11H2,1-6H3,(H,22,25)(H,21,23,26);8-9,11,13H,10H2,1-7H3,(H,21,24)(H,20,22,25);1-2,10H;1H2. The molecule has 0 radical (unpaired) electrons. The van der Waals surface area contributed by atoms with Crippen LogP contribution in [0.3, 0.4) is 0 Å². The summed E-state index contributed by atoms with van der Waals surface area (Å²) in [6.07, 6.45) is 3.99. The molecule has 4 heterocycles. The molecule has 750 valence electrons. The van der Waals surface area contributed by atoms with E-state index < -0.39 is 206 Å². The fourth-order valence-electron chi connectivity index (χ4n) is 9.95.